The number of rotatable bonds is 4. The van der Waals surface area contributed by atoms with E-state index in [2.05, 4.69) is 10.3 Å². The molecule has 1 aliphatic rings. The second kappa shape index (κ2) is 6.69. The predicted octanol–water partition coefficient (Wildman–Crippen LogP) is -0.626. The van der Waals surface area contributed by atoms with Gasteiger partial charge in [-0.3, -0.25) is 14.2 Å². The first-order valence-corrected chi connectivity index (χ1v) is 9.70. The Balaban J connectivity index is 1.97. The highest BCUT2D eigenvalue weighted by Gasteiger charge is 2.35. The number of fused-ring (bicyclic) bond motifs is 1. The first-order chi connectivity index (χ1) is 12.3. The van der Waals surface area contributed by atoms with Gasteiger partial charge in [-0.25, -0.2) is 13.2 Å². The van der Waals surface area contributed by atoms with Gasteiger partial charge in [0.1, 0.15) is 0 Å². The smallest absolute Gasteiger partial charge is 0.328 e. The fourth-order valence-corrected chi connectivity index (χ4v) is 4.60. The van der Waals surface area contributed by atoms with Crippen LogP contribution >= 0.6 is 0 Å². The molecule has 9 nitrogen and oxygen atoms in total. The number of nitrogens with zero attached hydrogens (tertiary/aromatic N) is 2. The number of benzene rings is 1. The van der Waals surface area contributed by atoms with Crippen LogP contribution in [0.5, 0.6) is 0 Å². The lowest BCUT2D eigenvalue weighted by atomic mass is 10.1. The molecule has 1 aliphatic heterocycles. The van der Waals surface area contributed by atoms with Crippen molar-refractivity contribution in [1.82, 2.24) is 19.2 Å². The molecule has 1 aromatic carbocycles. The van der Waals surface area contributed by atoms with Crippen LogP contribution in [-0.4, -0.2) is 47.8 Å². The maximum atomic E-state index is 12.9. The van der Waals surface area contributed by atoms with E-state index in [-0.39, 0.29) is 40.7 Å². The predicted molar refractivity (Wildman–Crippen MR) is 95.4 cm³/mol. The number of carbonyl (C=O) groups excluding carboxylic acids is 1. The van der Waals surface area contributed by atoms with Gasteiger partial charge < -0.3 is 10.3 Å². The van der Waals surface area contributed by atoms with Gasteiger partial charge in [-0.2, -0.15) is 4.31 Å². The number of aromatic amines is 1. The molecule has 2 aromatic rings. The molecule has 1 aromatic heterocycles. The van der Waals surface area contributed by atoms with Crippen LogP contribution in [0, 0.1) is 5.92 Å². The minimum Gasteiger partial charge on any atom is -0.356 e. The van der Waals surface area contributed by atoms with Gasteiger partial charge in [0.2, 0.25) is 15.9 Å². The zero-order valence-electron chi connectivity index (χ0n) is 14.5. The van der Waals surface area contributed by atoms with Crippen molar-refractivity contribution >= 4 is 26.8 Å². The molecule has 0 saturated carbocycles. The summed E-state index contributed by atoms with van der Waals surface area (Å²) in [7, 11) is -2.52. The van der Waals surface area contributed by atoms with E-state index >= 15 is 0 Å². The van der Waals surface area contributed by atoms with Crippen LogP contribution in [0.1, 0.15) is 13.3 Å². The monoisotopic (exact) mass is 380 g/mol. The summed E-state index contributed by atoms with van der Waals surface area (Å²) >= 11 is 0. The van der Waals surface area contributed by atoms with Crippen molar-refractivity contribution in [3.05, 3.63) is 39.0 Å². The van der Waals surface area contributed by atoms with E-state index in [4.69, 9.17) is 0 Å². The molecule has 0 aliphatic carbocycles. The van der Waals surface area contributed by atoms with Gasteiger partial charge in [-0.05, 0) is 31.5 Å². The number of sulfonamides is 1. The molecular formula is C16H20N4O5S. The van der Waals surface area contributed by atoms with E-state index in [1.807, 2.05) is 0 Å². The average Bonchev–Trinajstić information content (AvgIpc) is 3.11. The average molecular weight is 380 g/mol. The molecule has 10 heteroatoms. The van der Waals surface area contributed by atoms with Crippen LogP contribution in [0.4, 0.5) is 0 Å². The normalized spacial score (nSPS) is 18.3. The minimum absolute atomic E-state index is 0.0364. The second-order valence-electron chi connectivity index (χ2n) is 6.24. The van der Waals surface area contributed by atoms with Gasteiger partial charge in [-0.1, -0.05) is 0 Å². The van der Waals surface area contributed by atoms with Crippen molar-refractivity contribution in [2.45, 2.75) is 18.2 Å². The molecular weight excluding hydrogens is 360 g/mol. The van der Waals surface area contributed by atoms with E-state index in [0.29, 0.717) is 13.0 Å². The summed E-state index contributed by atoms with van der Waals surface area (Å²) < 4.78 is 27.9. The summed E-state index contributed by atoms with van der Waals surface area (Å²) in [6.45, 7) is 2.65. The van der Waals surface area contributed by atoms with Gasteiger partial charge in [0.15, 0.2) is 0 Å². The van der Waals surface area contributed by atoms with Gasteiger partial charge in [0.25, 0.3) is 5.56 Å². The number of carbonyl (C=O) groups is 1. The lowest BCUT2D eigenvalue weighted by Gasteiger charge is -2.17. The maximum Gasteiger partial charge on any atom is 0.328 e. The highest BCUT2D eigenvalue weighted by Crippen LogP contribution is 2.25. The van der Waals surface area contributed by atoms with Crippen molar-refractivity contribution in [2.24, 2.45) is 13.0 Å². The summed E-state index contributed by atoms with van der Waals surface area (Å²) in [6, 6.07) is 4.03. The fourth-order valence-electron chi connectivity index (χ4n) is 3.07. The molecule has 1 fully saturated rings. The van der Waals surface area contributed by atoms with Gasteiger partial charge in [0, 0.05) is 26.7 Å². The number of amides is 1. The maximum absolute atomic E-state index is 12.9. The summed E-state index contributed by atoms with van der Waals surface area (Å²) in [6.07, 6.45) is 0.452. The third-order valence-corrected chi connectivity index (χ3v) is 6.44. The van der Waals surface area contributed by atoms with Crippen LogP contribution in [0.3, 0.4) is 0 Å². The Kier molecular flexibility index (Phi) is 4.72. The Morgan fingerprint density at radius 2 is 2.08 bits per heavy atom. The third-order valence-electron chi connectivity index (χ3n) is 4.58. The minimum atomic E-state index is -3.84. The summed E-state index contributed by atoms with van der Waals surface area (Å²) in [5.74, 6) is -0.537. The van der Waals surface area contributed by atoms with Crippen LogP contribution in [0.25, 0.3) is 10.9 Å². The third kappa shape index (κ3) is 3.06. The zero-order chi connectivity index (χ0) is 19.1. The number of nitrogens with one attached hydrogen (secondary N) is 2. The summed E-state index contributed by atoms with van der Waals surface area (Å²) in [5, 5.41) is 2.82. The molecule has 3 rings (SSSR count). The molecule has 0 bridgehead atoms. The Labute approximate surface area is 149 Å². The first-order valence-electron chi connectivity index (χ1n) is 8.26. The Hall–Kier alpha value is -2.46. The topological polar surface area (TPSA) is 121 Å². The van der Waals surface area contributed by atoms with Crippen molar-refractivity contribution in [2.75, 3.05) is 19.6 Å². The first kappa shape index (κ1) is 18.3. The second-order valence-corrected chi connectivity index (χ2v) is 8.18. The van der Waals surface area contributed by atoms with Crippen molar-refractivity contribution in [3.8, 4) is 0 Å². The molecule has 1 saturated heterocycles. The number of H-pyrrole nitrogens is 1. The van der Waals surface area contributed by atoms with Crippen LogP contribution in [0.15, 0.2) is 32.7 Å². The summed E-state index contributed by atoms with van der Waals surface area (Å²) in [5.41, 5.74) is -0.858. The van der Waals surface area contributed by atoms with E-state index < -0.39 is 21.3 Å². The molecule has 2 N–H and O–H groups in total. The molecule has 1 atom stereocenters. The van der Waals surface area contributed by atoms with Crippen LogP contribution < -0.4 is 16.6 Å². The summed E-state index contributed by atoms with van der Waals surface area (Å²) in [4.78, 5) is 38.3. The lowest BCUT2D eigenvalue weighted by molar-refractivity contribution is -0.124. The standard InChI is InChI=1S/C16H20N4O5S/c1-3-17-14(21)10-6-7-20(9-10)26(24,25)11-4-5-13-12(8-11)15(22)19(2)16(23)18-13/h4-5,8,10H,3,6-7,9H2,1-2H3,(H,17,21)(H,18,23)/t10-/m0/s1. The van der Waals surface area contributed by atoms with Crippen LogP contribution in [0.2, 0.25) is 0 Å². The number of hydrogen-bond acceptors (Lipinski definition) is 5. The van der Waals surface area contributed by atoms with Gasteiger partial charge >= 0.3 is 5.69 Å². The molecule has 140 valence electrons. The molecule has 0 spiro atoms. The fraction of sp³-hybridized carbons (Fsp3) is 0.438. The van der Waals surface area contributed by atoms with Crippen LogP contribution in [-0.2, 0) is 21.9 Å². The Morgan fingerprint density at radius 3 is 2.77 bits per heavy atom. The molecule has 1 amide bonds. The SMILES string of the molecule is CCNC(=O)[C@H]1CCN(S(=O)(=O)c2ccc3[nH]c(=O)n(C)c(=O)c3c2)C1. The van der Waals surface area contributed by atoms with E-state index in [1.165, 1.54) is 29.6 Å². The molecule has 0 unspecified atom stereocenters. The van der Waals surface area contributed by atoms with Crippen molar-refractivity contribution < 1.29 is 13.2 Å². The van der Waals surface area contributed by atoms with E-state index in [0.717, 1.165) is 4.57 Å². The largest absolute Gasteiger partial charge is 0.356 e. The zero-order valence-corrected chi connectivity index (χ0v) is 15.3. The lowest BCUT2D eigenvalue weighted by Crippen LogP contribution is -2.35. The quantitative estimate of drug-likeness (QED) is 0.732. The molecule has 2 heterocycles. The van der Waals surface area contributed by atoms with E-state index in [9.17, 15) is 22.8 Å². The highest BCUT2D eigenvalue weighted by molar-refractivity contribution is 7.89. The van der Waals surface area contributed by atoms with Crippen molar-refractivity contribution in [3.63, 3.8) is 0 Å². The van der Waals surface area contributed by atoms with E-state index in [1.54, 1.807) is 6.92 Å². The highest BCUT2D eigenvalue weighted by atomic mass is 32.2. The molecule has 26 heavy (non-hydrogen) atoms. The van der Waals surface area contributed by atoms with Crippen molar-refractivity contribution in [1.29, 1.82) is 0 Å². The molecule has 0 radical (unpaired) electrons. The van der Waals surface area contributed by atoms with Gasteiger partial charge in [-0.15, -0.1) is 0 Å². The number of aromatic nitrogens is 2. The van der Waals surface area contributed by atoms with Gasteiger partial charge in [0.05, 0.1) is 21.7 Å². The Morgan fingerprint density at radius 1 is 1.35 bits per heavy atom. The number of hydrogen-bond donors (Lipinski definition) is 2. The Bertz CT molecular complexity index is 1090.